The van der Waals surface area contributed by atoms with Crippen molar-refractivity contribution in [1.82, 2.24) is 14.1 Å². The van der Waals surface area contributed by atoms with Crippen LogP contribution in [0.15, 0.2) is 0 Å². The van der Waals surface area contributed by atoms with Crippen molar-refractivity contribution in [2.45, 2.75) is 20.3 Å². The lowest BCUT2D eigenvalue weighted by Gasteiger charge is -2.04. The van der Waals surface area contributed by atoms with Crippen molar-refractivity contribution in [1.29, 1.82) is 0 Å². The molecule has 0 fully saturated rings. The third kappa shape index (κ3) is 4.42. The molecule has 0 aliphatic heterocycles. The van der Waals surface area contributed by atoms with E-state index in [1.165, 1.54) is 11.5 Å². The van der Waals surface area contributed by atoms with Gasteiger partial charge in [-0.3, -0.25) is 0 Å². The maximum Gasteiger partial charge on any atom is 0.213 e. The van der Waals surface area contributed by atoms with E-state index in [-0.39, 0.29) is 5.75 Å². The number of aromatic nitrogens is 2. The summed E-state index contributed by atoms with van der Waals surface area (Å²) in [5, 5.41) is 3.61. The Balaban J connectivity index is 2.35. The zero-order chi connectivity index (χ0) is 12.0. The summed E-state index contributed by atoms with van der Waals surface area (Å²) in [6, 6.07) is 0. The number of hydrogen-bond acceptors (Lipinski definition) is 6. The number of nitrogens with zero attached hydrogens (tertiary/aromatic N) is 2. The summed E-state index contributed by atoms with van der Waals surface area (Å²) in [6.45, 7) is 4.49. The molecule has 6 nitrogen and oxygen atoms in total. The number of nitrogens with one attached hydrogen (secondary N) is 2. The Hall–Kier alpha value is -0.730. The first kappa shape index (κ1) is 13.3. The second-order valence-electron chi connectivity index (χ2n) is 3.11. The Bertz CT molecular complexity index is 415. The molecule has 0 aromatic carbocycles. The summed E-state index contributed by atoms with van der Waals surface area (Å²) >= 11 is 1.25. The SMILES string of the molecule is CCNS(=O)(=O)CCNc1nc(CC)ns1. The highest BCUT2D eigenvalue weighted by molar-refractivity contribution is 7.89. The molecule has 0 saturated carbocycles. The lowest BCUT2D eigenvalue weighted by Crippen LogP contribution is -2.29. The van der Waals surface area contributed by atoms with E-state index in [0.29, 0.717) is 18.2 Å². The first-order chi connectivity index (χ1) is 7.57. The number of aryl methyl sites for hydroxylation is 1. The molecule has 1 aromatic heterocycles. The van der Waals surface area contributed by atoms with Gasteiger partial charge in [-0.2, -0.15) is 4.37 Å². The van der Waals surface area contributed by atoms with Gasteiger partial charge in [0.05, 0.1) is 5.75 Å². The third-order valence-corrected chi connectivity index (χ3v) is 3.98. The topological polar surface area (TPSA) is 84.0 Å². The summed E-state index contributed by atoms with van der Waals surface area (Å²) in [4.78, 5) is 4.18. The second-order valence-corrected chi connectivity index (χ2v) is 5.79. The monoisotopic (exact) mass is 264 g/mol. The van der Waals surface area contributed by atoms with Gasteiger partial charge in [-0.15, -0.1) is 0 Å². The first-order valence-corrected chi connectivity index (χ1v) is 7.53. The molecule has 2 N–H and O–H groups in total. The zero-order valence-electron chi connectivity index (χ0n) is 9.36. The maximum atomic E-state index is 11.3. The van der Waals surface area contributed by atoms with Crippen molar-refractivity contribution < 1.29 is 8.42 Å². The van der Waals surface area contributed by atoms with E-state index in [2.05, 4.69) is 19.4 Å². The number of hydrogen-bond donors (Lipinski definition) is 2. The fourth-order valence-electron chi connectivity index (χ4n) is 1.05. The lowest BCUT2D eigenvalue weighted by molar-refractivity contribution is 0.584. The van der Waals surface area contributed by atoms with Crippen LogP contribution in [-0.2, 0) is 16.4 Å². The van der Waals surface area contributed by atoms with Gasteiger partial charge < -0.3 is 5.32 Å². The predicted molar refractivity (Wildman–Crippen MR) is 65.2 cm³/mol. The van der Waals surface area contributed by atoms with Crippen LogP contribution in [0.4, 0.5) is 5.13 Å². The van der Waals surface area contributed by atoms with E-state index in [0.717, 1.165) is 12.2 Å². The van der Waals surface area contributed by atoms with Gasteiger partial charge in [0, 0.05) is 31.0 Å². The van der Waals surface area contributed by atoms with E-state index in [1.807, 2.05) is 6.92 Å². The van der Waals surface area contributed by atoms with E-state index in [4.69, 9.17) is 0 Å². The molecule has 0 atom stereocenters. The highest BCUT2D eigenvalue weighted by Crippen LogP contribution is 2.10. The minimum Gasteiger partial charge on any atom is -0.359 e. The fourth-order valence-corrected chi connectivity index (χ4v) is 2.68. The largest absolute Gasteiger partial charge is 0.359 e. The second kappa shape index (κ2) is 6.12. The van der Waals surface area contributed by atoms with Crippen LogP contribution in [0, 0.1) is 0 Å². The lowest BCUT2D eigenvalue weighted by atomic mass is 10.5. The van der Waals surface area contributed by atoms with Crippen molar-refractivity contribution in [3.05, 3.63) is 5.82 Å². The van der Waals surface area contributed by atoms with Gasteiger partial charge in [0.1, 0.15) is 5.82 Å². The van der Waals surface area contributed by atoms with Crippen LogP contribution >= 0.6 is 11.5 Å². The molecule has 0 spiro atoms. The quantitative estimate of drug-likeness (QED) is 0.747. The molecule has 92 valence electrons. The molecule has 8 heteroatoms. The van der Waals surface area contributed by atoms with Crippen LogP contribution in [0.25, 0.3) is 0 Å². The van der Waals surface area contributed by atoms with Crippen LogP contribution in [0.2, 0.25) is 0 Å². The summed E-state index contributed by atoms with van der Waals surface area (Å²) in [5.74, 6) is 0.823. The molecule has 1 heterocycles. The Kier molecular flexibility index (Phi) is 5.10. The smallest absolute Gasteiger partial charge is 0.213 e. The zero-order valence-corrected chi connectivity index (χ0v) is 11.0. The van der Waals surface area contributed by atoms with E-state index in [1.54, 1.807) is 6.92 Å². The van der Waals surface area contributed by atoms with E-state index in [9.17, 15) is 8.42 Å². The Morgan fingerprint density at radius 2 is 2.12 bits per heavy atom. The number of rotatable bonds is 7. The number of anilines is 1. The van der Waals surface area contributed by atoms with Crippen molar-refractivity contribution in [2.75, 3.05) is 24.2 Å². The molecule has 0 aliphatic carbocycles. The third-order valence-electron chi connectivity index (χ3n) is 1.80. The van der Waals surface area contributed by atoms with Gasteiger partial charge in [0.25, 0.3) is 0 Å². The van der Waals surface area contributed by atoms with E-state index < -0.39 is 10.0 Å². The average Bonchev–Trinajstić information content (AvgIpc) is 2.65. The van der Waals surface area contributed by atoms with Gasteiger partial charge in [0.2, 0.25) is 15.2 Å². The van der Waals surface area contributed by atoms with E-state index >= 15 is 0 Å². The summed E-state index contributed by atoms with van der Waals surface area (Å²) < 4.78 is 29.1. The Morgan fingerprint density at radius 3 is 2.69 bits per heavy atom. The molecular formula is C8H16N4O2S2. The minimum absolute atomic E-state index is 0.0435. The molecule has 0 bridgehead atoms. The minimum atomic E-state index is -3.16. The van der Waals surface area contributed by atoms with Gasteiger partial charge in [-0.1, -0.05) is 13.8 Å². The fraction of sp³-hybridized carbons (Fsp3) is 0.750. The van der Waals surface area contributed by atoms with Crippen molar-refractivity contribution in [3.63, 3.8) is 0 Å². The van der Waals surface area contributed by atoms with Gasteiger partial charge >= 0.3 is 0 Å². The van der Waals surface area contributed by atoms with Gasteiger partial charge in [-0.25, -0.2) is 18.1 Å². The first-order valence-electron chi connectivity index (χ1n) is 5.11. The highest BCUT2D eigenvalue weighted by atomic mass is 32.2. The van der Waals surface area contributed by atoms with Crippen LogP contribution in [0.5, 0.6) is 0 Å². The molecule has 0 saturated heterocycles. The normalized spacial score (nSPS) is 11.6. The Labute approximate surface area is 99.7 Å². The van der Waals surface area contributed by atoms with Crippen LogP contribution in [0.1, 0.15) is 19.7 Å². The predicted octanol–water partition coefficient (Wildman–Crippen LogP) is 0.452. The summed E-state index contributed by atoms with van der Waals surface area (Å²) in [7, 11) is -3.16. The van der Waals surface area contributed by atoms with Gasteiger partial charge in [0.15, 0.2) is 0 Å². The van der Waals surface area contributed by atoms with Crippen molar-refractivity contribution in [3.8, 4) is 0 Å². The molecule has 16 heavy (non-hydrogen) atoms. The van der Waals surface area contributed by atoms with Crippen molar-refractivity contribution >= 4 is 26.7 Å². The molecule has 0 radical (unpaired) electrons. The molecule has 0 unspecified atom stereocenters. The average molecular weight is 264 g/mol. The maximum absolute atomic E-state index is 11.3. The standard InChI is InChI=1S/C8H16N4O2S2/c1-3-7-11-8(15-12-7)9-5-6-16(13,14)10-4-2/h10H,3-6H2,1-2H3,(H,9,11,12). The van der Waals surface area contributed by atoms with Gasteiger partial charge in [-0.05, 0) is 0 Å². The van der Waals surface area contributed by atoms with Crippen LogP contribution < -0.4 is 10.0 Å². The highest BCUT2D eigenvalue weighted by Gasteiger charge is 2.08. The molecule has 1 rings (SSSR count). The van der Waals surface area contributed by atoms with Crippen LogP contribution in [-0.4, -0.2) is 36.6 Å². The molecule has 0 aliphatic rings. The molecular weight excluding hydrogens is 248 g/mol. The van der Waals surface area contributed by atoms with Crippen molar-refractivity contribution in [2.24, 2.45) is 0 Å². The Morgan fingerprint density at radius 1 is 1.38 bits per heavy atom. The molecule has 0 amide bonds. The van der Waals surface area contributed by atoms with Crippen LogP contribution in [0.3, 0.4) is 0 Å². The summed E-state index contributed by atoms with van der Waals surface area (Å²) in [6.07, 6.45) is 0.786. The number of sulfonamides is 1. The summed E-state index contributed by atoms with van der Waals surface area (Å²) in [5.41, 5.74) is 0. The molecule has 1 aromatic rings.